The lowest BCUT2D eigenvalue weighted by molar-refractivity contribution is 0.0629. The summed E-state index contributed by atoms with van der Waals surface area (Å²) in [4.78, 5) is 22.2. The number of ether oxygens (including phenoxy) is 2. The van der Waals surface area contributed by atoms with Crippen LogP contribution in [-0.4, -0.2) is 53.7 Å². The highest BCUT2D eigenvalue weighted by Crippen LogP contribution is 2.33. The second kappa shape index (κ2) is 9.79. The summed E-state index contributed by atoms with van der Waals surface area (Å²) in [6, 6.07) is 21.4. The predicted octanol–water partition coefficient (Wildman–Crippen LogP) is 5.46. The molecule has 0 bridgehead atoms. The first-order valence-corrected chi connectivity index (χ1v) is 12.6. The summed E-state index contributed by atoms with van der Waals surface area (Å²) >= 11 is 3.45. The van der Waals surface area contributed by atoms with Gasteiger partial charge in [0.15, 0.2) is 17.3 Å². The van der Waals surface area contributed by atoms with Gasteiger partial charge in [-0.3, -0.25) is 9.69 Å². The maximum Gasteiger partial charge on any atom is 0.254 e. The van der Waals surface area contributed by atoms with Gasteiger partial charge in [-0.15, -0.1) is 0 Å². The van der Waals surface area contributed by atoms with E-state index in [9.17, 15) is 4.79 Å². The minimum atomic E-state index is -0.00304. The standard InChI is InChI=1S/C28H24BrN3O4/c29-21-8-6-20(7-9-21)26-16-30-27(36-26)22-3-1-2-4-23(22)28(33)32-13-11-31(12-14-32)17-19-5-10-24-25(15-19)35-18-34-24/h1-10,15-16H,11-14,17-18H2. The number of carbonyl (C=O) groups excluding carboxylic acids is 1. The van der Waals surface area contributed by atoms with Crippen molar-refractivity contribution in [2.24, 2.45) is 0 Å². The zero-order valence-electron chi connectivity index (χ0n) is 19.5. The van der Waals surface area contributed by atoms with Gasteiger partial charge in [0, 0.05) is 48.3 Å². The number of rotatable bonds is 5. The Morgan fingerprint density at radius 2 is 1.69 bits per heavy atom. The first kappa shape index (κ1) is 22.8. The third kappa shape index (κ3) is 4.62. The highest BCUT2D eigenvalue weighted by atomic mass is 79.9. The fraction of sp³-hybridized carbons (Fsp3) is 0.214. The highest BCUT2D eigenvalue weighted by Gasteiger charge is 2.26. The van der Waals surface area contributed by atoms with E-state index in [0.29, 0.717) is 35.9 Å². The lowest BCUT2D eigenvalue weighted by Crippen LogP contribution is -2.48. The molecular formula is C28H24BrN3O4. The zero-order chi connectivity index (χ0) is 24.5. The third-order valence-corrected chi connectivity index (χ3v) is 7.05. The molecule has 0 unspecified atom stereocenters. The Morgan fingerprint density at radius 1 is 0.917 bits per heavy atom. The molecule has 7 nitrogen and oxygen atoms in total. The molecule has 1 aromatic heterocycles. The lowest BCUT2D eigenvalue weighted by Gasteiger charge is -2.35. The van der Waals surface area contributed by atoms with Gasteiger partial charge in [-0.1, -0.05) is 46.3 Å². The second-order valence-corrected chi connectivity index (χ2v) is 9.75. The maximum absolute atomic E-state index is 13.5. The number of aromatic nitrogens is 1. The van der Waals surface area contributed by atoms with Crippen LogP contribution in [0.1, 0.15) is 15.9 Å². The Morgan fingerprint density at radius 3 is 2.53 bits per heavy atom. The van der Waals surface area contributed by atoms with E-state index in [1.165, 1.54) is 5.56 Å². The van der Waals surface area contributed by atoms with Crippen LogP contribution in [0.25, 0.3) is 22.8 Å². The molecule has 2 aliphatic heterocycles. The van der Waals surface area contributed by atoms with Crippen molar-refractivity contribution in [3.8, 4) is 34.3 Å². The number of hydrogen-bond donors (Lipinski definition) is 0. The number of benzene rings is 3. The first-order valence-electron chi connectivity index (χ1n) is 11.9. The van der Waals surface area contributed by atoms with E-state index in [1.54, 1.807) is 6.20 Å². The molecule has 3 aromatic carbocycles. The number of halogens is 1. The smallest absolute Gasteiger partial charge is 0.254 e. The van der Waals surface area contributed by atoms with Crippen molar-refractivity contribution < 1.29 is 18.7 Å². The van der Waals surface area contributed by atoms with Gasteiger partial charge >= 0.3 is 0 Å². The van der Waals surface area contributed by atoms with Crippen molar-refractivity contribution in [1.29, 1.82) is 0 Å². The van der Waals surface area contributed by atoms with Crippen molar-refractivity contribution in [2.45, 2.75) is 6.54 Å². The summed E-state index contributed by atoms with van der Waals surface area (Å²) in [7, 11) is 0. The van der Waals surface area contributed by atoms with Gasteiger partial charge in [-0.25, -0.2) is 4.98 Å². The molecule has 182 valence electrons. The number of piperazine rings is 1. The normalized spacial score (nSPS) is 15.3. The number of nitrogens with zero attached hydrogens (tertiary/aromatic N) is 3. The number of carbonyl (C=O) groups is 1. The van der Waals surface area contributed by atoms with Gasteiger partial charge in [-0.05, 0) is 42.0 Å². The Bertz CT molecular complexity index is 1390. The molecule has 3 heterocycles. The van der Waals surface area contributed by atoms with Crippen molar-refractivity contribution in [1.82, 2.24) is 14.8 Å². The number of oxazole rings is 1. The van der Waals surface area contributed by atoms with Gasteiger partial charge in [0.25, 0.3) is 5.91 Å². The first-order chi connectivity index (χ1) is 17.6. The Balaban J connectivity index is 1.14. The van der Waals surface area contributed by atoms with Crippen LogP contribution in [0.2, 0.25) is 0 Å². The van der Waals surface area contributed by atoms with Crippen LogP contribution >= 0.6 is 15.9 Å². The van der Waals surface area contributed by atoms with Crippen LogP contribution < -0.4 is 9.47 Å². The number of fused-ring (bicyclic) bond motifs is 1. The molecule has 0 spiro atoms. The van der Waals surface area contributed by atoms with Crippen molar-refractivity contribution in [3.05, 3.63) is 88.5 Å². The maximum atomic E-state index is 13.5. The second-order valence-electron chi connectivity index (χ2n) is 8.84. The van der Waals surface area contributed by atoms with E-state index < -0.39 is 0 Å². The SMILES string of the molecule is O=C(c1ccccc1-c1ncc(-c2ccc(Br)cc2)o1)N1CCN(Cc2ccc3c(c2)OCO3)CC1. The number of hydrogen-bond acceptors (Lipinski definition) is 6. The molecule has 1 fully saturated rings. The van der Waals surface area contributed by atoms with Crippen molar-refractivity contribution >= 4 is 21.8 Å². The van der Waals surface area contributed by atoms with Gasteiger partial charge in [0.1, 0.15) is 0 Å². The molecule has 1 amide bonds. The van der Waals surface area contributed by atoms with Gasteiger partial charge in [-0.2, -0.15) is 0 Å². The Kier molecular flexibility index (Phi) is 6.21. The fourth-order valence-corrected chi connectivity index (χ4v) is 4.84. The molecule has 0 N–H and O–H groups in total. The van der Waals surface area contributed by atoms with Crippen LogP contribution in [0, 0.1) is 0 Å². The molecule has 8 heteroatoms. The summed E-state index contributed by atoms with van der Waals surface area (Å²) in [6.07, 6.45) is 1.70. The average molecular weight is 546 g/mol. The third-order valence-electron chi connectivity index (χ3n) is 6.52. The molecule has 6 rings (SSSR count). The van der Waals surface area contributed by atoms with Gasteiger partial charge in [0.2, 0.25) is 12.7 Å². The lowest BCUT2D eigenvalue weighted by atomic mass is 10.1. The van der Waals surface area contributed by atoms with Crippen LogP contribution in [-0.2, 0) is 6.54 Å². The molecule has 0 radical (unpaired) electrons. The molecule has 36 heavy (non-hydrogen) atoms. The zero-order valence-corrected chi connectivity index (χ0v) is 21.1. The fourth-order valence-electron chi connectivity index (χ4n) is 4.58. The van der Waals surface area contributed by atoms with E-state index in [1.807, 2.05) is 65.6 Å². The van der Waals surface area contributed by atoms with Gasteiger partial charge in [0.05, 0.1) is 11.8 Å². The van der Waals surface area contributed by atoms with E-state index >= 15 is 0 Å². The Labute approximate surface area is 217 Å². The van der Waals surface area contributed by atoms with Crippen LogP contribution in [0.5, 0.6) is 11.5 Å². The molecule has 1 saturated heterocycles. The minimum Gasteiger partial charge on any atom is -0.454 e. The predicted molar refractivity (Wildman–Crippen MR) is 139 cm³/mol. The van der Waals surface area contributed by atoms with Crippen LogP contribution in [0.4, 0.5) is 0 Å². The van der Waals surface area contributed by atoms with Crippen LogP contribution in [0.15, 0.2) is 81.8 Å². The van der Waals surface area contributed by atoms with Crippen molar-refractivity contribution in [2.75, 3.05) is 33.0 Å². The summed E-state index contributed by atoms with van der Waals surface area (Å²) < 4.78 is 18.0. The topological polar surface area (TPSA) is 68.0 Å². The van der Waals surface area contributed by atoms with Crippen LogP contribution in [0.3, 0.4) is 0 Å². The molecular weight excluding hydrogens is 522 g/mol. The van der Waals surface area contributed by atoms with Gasteiger partial charge < -0.3 is 18.8 Å². The largest absolute Gasteiger partial charge is 0.454 e. The Hall–Kier alpha value is -3.62. The minimum absolute atomic E-state index is 0.00304. The van der Waals surface area contributed by atoms with E-state index in [0.717, 1.165) is 41.2 Å². The van der Waals surface area contributed by atoms with Crippen molar-refractivity contribution in [3.63, 3.8) is 0 Å². The highest BCUT2D eigenvalue weighted by molar-refractivity contribution is 9.10. The number of amides is 1. The summed E-state index contributed by atoms with van der Waals surface area (Å²) in [5, 5.41) is 0. The van der Waals surface area contributed by atoms with E-state index in [-0.39, 0.29) is 12.7 Å². The quantitative estimate of drug-likeness (QED) is 0.332. The van der Waals surface area contributed by atoms with E-state index in [4.69, 9.17) is 13.9 Å². The summed E-state index contributed by atoms with van der Waals surface area (Å²) in [5.74, 6) is 2.70. The molecule has 2 aliphatic rings. The monoisotopic (exact) mass is 545 g/mol. The average Bonchev–Trinajstić information content (AvgIpc) is 3.59. The molecule has 4 aromatic rings. The van der Waals surface area contributed by atoms with E-state index in [2.05, 4.69) is 31.9 Å². The summed E-state index contributed by atoms with van der Waals surface area (Å²) in [6.45, 7) is 4.01. The molecule has 0 saturated carbocycles. The molecule has 0 aliphatic carbocycles. The molecule has 0 atom stereocenters. The summed E-state index contributed by atoms with van der Waals surface area (Å²) in [5.41, 5.74) is 3.41.